The van der Waals surface area contributed by atoms with Crippen LogP contribution in [0.4, 0.5) is 5.69 Å². The fourth-order valence-corrected chi connectivity index (χ4v) is 2.77. The molecule has 102 valence electrons. The fraction of sp³-hybridized carbons (Fsp3) is 0.357. The Balaban J connectivity index is 2.14. The SMILES string of the molecule is COCC1=CCN(c2ccc(C(=O)O)cc2Br)CC1. The number of methoxy groups -OCH3 is 1. The maximum atomic E-state index is 10.9. The van der Waals surface area contributed by atoms with Gasteiger partial charge < -0.3 is 14.7 Å². The van der Waals surface area contributed by atoms with Gasteiger partial charge in [0.15, 0.2) is 0 Å². The average molecular weight is 326 g/mol. The standard InChI is InChI=1S/C14H16BrNO3/c1-19-9-10-4-6-16(7-5-10)13-3-2-11(14(17)18)8-12(13)15/h2-4,8H,5-7,9H2,1H3,(H,17,18). The summed E-state index contributed by atoms with van der Waals surface area (Å²) < 4.78 is 5.94. The van der Waals surface area contributed by atoms with E-state index in [0.29, 0.717) is 12.2 Å². The number of hydrogen-bond donors (Lipinski definition) is 1. The van der Waals surface area contributed by atoms with E-state index in [1.807, 2.05) is 6.07 Å². The van der Waals surface area contributed by atoms with Crippen LogP contribution >= 0.6 is 15.9 Å². The zero-order valence-corrected chi connectivity index (χ0v) is 12.3. The number of carboxylic acids is 1. The Labute approximate surface area is 120 Å². The predicted molar refractivity (Wildman–Crippen MR) is 77.9 cm³/mol. The van der Waals surface area contributed by atoms with Crippen LogP contribution < -0.4 is 4.90 Å². The molecule has 0 bridgehead atoms. The van der Waals surface area contributed by atoms with Gasteiger partial charge in [0.1, 0.15) is 0 Å². The second-order valence-electron chi connectivity index (χ2n) is 4.46. The highest BCUT2D eigenvalue weighted by Crippen LogP contribution is 2.29. The molecule has 0 radical (unpaired) electrons. The Morgan fingerprint density at radius 1 is 1.53 bits per heavy atom. The van der Waals surface area contributed by atoms with Crippen molar-refractivity contribution in [1.29, 1.82) is 0 Å². The van der Waals surface area contributed by atoms with E-state index in [1.54, 1.807) is 19.2 Å². The number of hydrogen-bond acceptors (Lipinski definition) is 3. The molecule has 0 amide bonds. The van der Waals surface area contributed by atoms with E-state index in [9.17, 15) is 4.79 Å². The molecule has 0 fully saturated rings. The first-order valence-electron chi connectivity index (χ1n) is 6.06. The molecule has 1 aliphatic heterocycles. The van der Waals surface area contributed by atoms with E-state index in [2.05, 4.69) is 26.9 Å². The van der Waals surface area contributed by atoms with Crippen LogP contribution in [0.2, 0.25) is 0 Å². The highest BCUT2D eigenvalue weighted by Gasteiger charge is 2.15. The monoisotopic (exact) mass is 325 g/mol. The van der Waals surface area contributed by atoms with E-state index < -0.39 is 5.97 Å². The molecule has 1 heterocycles. The van der Waals surface area contributed by atoms with Gasteiger partial charge in [0, 0.05) is 24.7 Å². The van der Waals surface area contributed by atoms with Gasteiger partial charge in [0.25, 0.3) is 0 Å². The summed E-state index contributed by atoms with van der Waals surface area (Å²) in [5.74, 6) is -0.909. The molecule has 19 heavy (non-hydrogen) atoms. The molecule has 0 spiro atoms. The predicted octanol–water partition coefficient (Wildman–Crippen LogP) is 2.93. The van der Waals surface area contributed by atoms with Gasteiger partial charge in [0.05, 0.1) is 17.9 Å². The summed E-state index contributed by atoms with van der Waals surface area (Å²) in [5, 5.41) is 8.95. The minimum Gasteiger partial charge on any atom is -0.478 e. The van der Waals surface area contributed by atoms with E-state index in [0.717, 1.165) is 29.7 Å². The Morgan fingerprint density at radius 2 is 2.32 bits per heavy atom. The van der Waals surface area contributed by atoms with Gasteiger partial charge in [-0.25, -0.2) is 4.79 Å². The molecular formula is C14H16BrNO3. The number of rotatable bonds is 4. The zero-order valence-electron chi connectivity index (χ0n) is 10.7. The molecule has 1 aromatic carbocycles. The molecular weight excluding hydrogens is 310 g/mol. The Kier molecular flexibility index (Phi) is 4.61. The third-order valence-electron chi connectivity index (χ3n) is 3.17. The van der Waals surface area contributed by atoms with E-state index >= 15 is 0 Å². The number of nitrogens with zero attached hydrogens (tertiary/aromatic N) is 1. The number of ether oxygens (including phenoxy) is 1. The summed E-state index contributed by atoms with van der Waals surface area (Å²) in [4.78, 5) is 13.1. The third kappa shape index (κ3) is 3.36. The van der Waals surface area contributed by atoms with Gasteiger partial charge in [-0.3, -0.25) is 0 Å². The lowest BCUT2D eigenvalue weighted by Gasteiger charge is -2.29. The maximum Gasteiger partial charge on any atom is 0.335 e. The van der Waals surface area contributed by atoms with Crippen molar-refractivity contribution in [2.24, 2.45) is 0 Å². The van der Waals surface area contributed by atoms with Crippen molar-refractivity contribution in [3.63, 3.8) is 0 Å². The number of carbonyl (C=O) groups is 1. The second kappa shape index (κ2) is 6.21. The molecule has 0 aromatic heterocycles. The van der Waals surface area contributed by atoms with Crippen molar-refractivity contribution in [2.75, 3.05) is 31.7 Å². The Bertz CT molecular complexity index is 513. The number of carboxylic acid groups (broad SMARTS) is 1. The van der Waals surface area contributed by atoms with Crippen LogP contribution in [-0.2, 0) is 4.74 Å². The summed E-state index contributed by atoms with van der Waals surface area (Å²) in [7, 11) is 1.70. The summed E-state index contributed by atoms with van der Waals surface area (Å²) >= 11 is 3.45. The number of aromatic carboxylic acids is 1. The maximum absolute atomic E-state index is 10.9. The van der Waals surface area contributed by atoms with Gasteiger partial charge in [-0.2, -0.15) is 0 Å². The molecule has 0 atom stereocenters. The van der Waals surface area contributed by atoms with Gasteiger partial charge in [-0.1, -0.05) is 6.08 Å². The normalized spacial score (nSPS) is 15.3. The largest absolute Gasteiger partial charge is 0.478 e. The Morgan fingerprint density at radius 3 is 2.84 bits per heavy atom. The summed E-state index contributed by atoms with van der Waals surface area (Å²) in [6.07, 6.45) is 3.14. The molecule has 0 aliphatic carbocycles. The second-order valence-corrected chi connectivity index (χ2v) is 5.32. The first kappa shape index (κ1) is 14.1. The van der Waals surface area contributed by atoms with Crippen molar-refractivity contribution in [2.45, 2.75) is 6.42 Å². The van der Waals surface area contributed by atoms with Crippen LogP contribution in [0.1, 0.15) is 16.8 Å². The molecule has 5 heteroatoms. The average Bonchev–Trinajstić information content (AvgIpc) is 2.40. The molecule has 1 aliphatic rings. The van der Waals surface area contributed by atoms with E-state index in [1.165, 1.54) is 5.57 Å². The van der Waals surface area contributed by atoms with Gasteiger partial charge in [-0.15, -0.1) is 0 Å². The molecule has 0 saturated carbocycles. The van der Waals surface area contributed by atoms with Gasteiger partial charge in [0.2, 0.25) is 0 Å². The highest BCUT2D eigenvalue weighted by atomic mass is 79.9. The van der Waals surface area contributed by atoms with Crippen LogP contribution in [0.25, 0.3) is 0 Å². The van der Waals surface area contributed by atoms with Crippen LogP contribution in [-0.4, -0.2) is 37.9 Å². The first-order chi connectivity index (χ1) is 9.11. The third-order valence-corrected chi connectivity index (χ3v) is 3.80. The topological polar surface area (TPSA) is 49.8 Å². The van der Waals surface area contributed by atoms with Crippen molar-refractivity contribution < 1.29 is 14.6 Å². The number of benzene rings is 1. The summed E-state index contributed by atoms with van der Waals surface area (Å²) in [5.41, 5.74) is 2.64. The molecule has 4 nitrogen and oxygen atoms in total. The fourth-order valence-electron chi connectivity index (χ4n) is 2.14. The van der Waals surface area contributed by atoms with Crippen molar-refractivity contribution in [3.05, 3.63) is 39.9 Å². The van der Waals surface area contributed by atoms with Crippen molar-refractivity contribution in [3.8, 4) is 0 Å². The lowest BCUT2D eigenvalue weighted by Crippen LogP contribution is -2.29. The smallest absolute Gasteiger partial charge is 0.335 e. The van der Waals surface area contributed by atoms with Crippen LogP contribution in [0.5, 0.6) is 0 Å². The quantitative estimate of drug-likeness (QED) is 0.865. The molecule has 1 N–H and O–H groups in total. The van der Waals surface area contributed by atoms with Crippen LogP contribution in [0.15, 0.2) is 34.3 Å². The molecule has 0 saturated heterocycles. The van der Waals surface area contributed by atoms with Gasteiger partial charge in [-0.05, 0) is 46.1 Å². The number of halogens is 1. The summed E-state index contributed by atoms with van der Waals surface area (Å²) in [6, 6.07) is 5.13. The number of anilines is 1. The van der Waals surface area contributed by atoms with E-state index in [4.69, 9.17) is 9.84 Å². The van der Waals surface area contributed by atoms with E-state index in [-0.39, 0.29) is 0 Å². The lowest BCUT2D eigenvalue weighted by molar-refractivity contribution is 0.0697. The molecule has 1 aromatic rings. The van der Waals surface area contributed by atoms with Crippen molar-refractivity contribution in [1.82, 2.24) is 0 Å². The Hall–Kier alpha value is -1.33. The molecule has 0 unspecified atom stereocenters. The van der Waals surface area contributed by atoms with Gasteiger partial charge >= 0.3 is 5.97 Å². The van der Waals surface area contributed by atoms with Crippen LogP contribution in [0, 0.1) is 0 Å². The van der Waals surface area contributed by atoms with Crippen molar-refractivity contribution >= 4 is 27.6 Å². The minimum absolute atomic E-state index is 0.295. The zero-order chi connectivity index (χ0) is 13.8. The summed E-state index contributed by atoms with van der Waals surface area (Å²) in [6.45, 7) is 2.43. The lowest BCUT2D eigenvalue weighted by atomic mass is 10.1. The minimum atomic E-state index is -0.909. The first-order valence-corrected chi connectivity index (χ1v) is 6.85. The van der Waals surface area contributed by atoms with Crippen LogP contribution in [0.3, 0.4) is 0 Å². The molecule has 2 rings (SSSR count). The highest BCUT2D eigenvalue weighted by molar-refractivity contribution is 9.10.